The summed E-state index contributed by atoms with van der Waals surface area (Å²) in [6, 6.07) is 3.29. The maximum absolute atomic E-state index is 12.4. The first-order valence-electron chi connectivity index (χ1n) is 6.19. The van der Waals surface area contributed by atoms with Crippen LogP contribution in [0, 0.1) is 0 Å². The minimum Gasteiger partial charge on any atom is -0.336 e. The van der Waals surface area contributed by atoms with E-state index in [9.17, 15) is 4.79 Å². The van der Waals surface area contributed by atoms with Gasteiger partial charge in [-0.1, -0.05) is 30.1 Å². The molecule has 0 N–H and O–H groups in total. The monoisotopic (exact) mass is 364 g/mol. The van der Waals surface area contributed by atoms with E-state index in [4.69, 9.17) is 23.2 Å². The second-order valence-corrected chi connectivity index (χ2v) is 6.14. The number of halogens is 3. The van der Waals surface area contributed by atoms with Gasteiger partial charge in [0.1, 0.15) is 0 Å². The summed E-state index contributed by atoms with van der Waals surface area (Å²) in [5.74, 6) is -0.0462. The van der Waals surface area contributed by atoms with Crippen LogP contribution < -0.4 is 0 Å². The van der Waals surface area contributed by atoms with Gasteiger partial charge in [0, 0.05) is 30.7 Å². The van der Waals surface area contributed by atoms with Gasteiger partial charge < -0.3 is 9.80 Å². The molecule has 1 aromatic carbocycles. The lowest BCUT2D eigenvalue weighted by molar-refractivity contribution is 0.0643. The van der Waals surface area contributed by atoms with Gasteiger partial charge in [0.25, 0.3) is 5.91 Å². The molecule has 1 aromatic rings. The molecule has 1 fully saturated rings. The van der Waals surface area contributed by atoms with Gasteiger partial charge in [-0.3, -0.25) is 4.79 Å². The molecule has 1 amide bonds. The summed E-state index contributed by atoms with van der Waals surface area (Å²) in [4.78, 5) is 16.6. The number of likely N-dealkylation sites (N-methyl/N-ethyl adjacent to an activating group) is 1. The zero-order chi connectivity index (χ0) is 14.0. The number of nitrogens with zero attached hydrogens (tertiary/aromatic N) is 2. The predicted octanol–water partition coefficient (Wildman–Crippen LogP) is 3.53. The maximum Gasteiger partial charge on any atom is 0.255 e. The normalized spacial score (nSPS) is 16.7. The molecule has 0 atom stereocenters. The second kappa shape index (κ2) is 6.44. The Morgan fingerprint density at radius 1 is 1.21 bits per heavy atom. The van der Waals surface area contributed by atoms with Crippen molar-refractivity contribution in [2.75, 3.05) is 32.7 Å². The summed E-state index contributed by atoms with van der Waals surface area (Å²) in [7, 11) is 0. The number of piperazine rings is 1. The highest BCUT2D eigenvalue weighted by molar-refractivity contribution is 9.10. The average molecular weight is 366 g/mol. The fourth-order valence-corrected chi connectivity index (χ4v) is 3.01. The largest absolute Gasteiger partial charge is 0.336 e. The van der Waals surface area contributed by atoms with Gasteiger partial charge in [-0.2, -0.15) is 0 Å². The molecule has 0 aliphatic carbocycles. The van der Waals surface area contributed by atoms with Crippen LogP contribution in [0.2, 0.25) is 10.0 Å². The average Bonchev–Trinajstić information content (AvgIpc) is 2.42. The first-order valence-corrected chi connectivity index (χ1v) is 7.74. The van der Waals surface area contributed by atoms with Gasteiger partial charge in [-0.25, -0.2) is 0 Å². The van der Waals surface area contributed by atoms with E-state index in [0.717, 1.165) is 32.7 Å². The molecule has 1 heterocycles. The molecule has 2 rings (SSSR count). The van der Waals surface area contributed by atoms with Crippen molar-refractivity contribution in [1.29, 1.82) is 0 Å². The van der Waals surface area contributed by atoms with Crippen LogP contribution >= 0.6 is 39.1 Å². The van der Waals surface area contributed by atoms with E-state index in [1.807, 2.05) is 4.90 Å². The number of carbonyl (C=O) groups excluding carboxylic acids is 1. The second-order valence-electron chi connectivity index (χ2n) is 4.47. The van der Waals surface area contributed by atoms with Gasteiger partial charge in [-0.05, 0) is 34.6 Å². The number of amides is 1. The summed E-state index contributed by atoms with van der Waals surface area (Å²) in [6.45, 7) is 6.43. The van der Waals surface area contributed by atoms with Crippen molar-refractivity contribution in [2.45, 2.75) is 6.92 Å². The minimum atomic E-state index is -0.0462. The minimum absolute atomic E-state index is 0.0462. The molecular formula is C13H15BrCl2N2O. The van der Waals surface area contributed by atoms with Gasteiger partial charge in [0.2, 0.25) is 0 Å². The van der Waals surface area contributed by atoms with E-state index in [-0.39, 0.29) is 5.91 Å². The predicted molar refractivity (Wildman–Crippen MR) is 82.2 cm³/mol. The standard InChI is InChI=1S/C13H15BrCl2N2O/c1-2-17-3-5-18(6-4-17)13(19)9-7-12(16)10(14)8-11(9)15/h7-8H,2-6H2,1H3. The molecule has 6 heteroatoms. The van der Waals surface area contributed by atoms with Crippen LogP contribution in [0.15, 0.2) is 16.6 Å². The van der Waals surface area contributed by atoms with Gasteiger partial charge >= 0.3 is 0 Å². The highest BCUT2D eigenvalue weighted by Crippen LogP contribution is 2.30. The molecule has 19 heavy (non-hydrogen) atoms. The first kappa shape index (κ1) is 15.1. The molecule has 104 valence electrons. The smallest absolute Gasteiger partial charge is 0.255 e. The molecule has 0 unspecified atom stereocenters. The molecule has 0 saturated carbocycles. The zero-order valence-electron chi connectivity index (χ0n) is 10.6. The van der Waals surface area contributed by atoms with Crippen LogP contribution in [0.3, 0.4) is 0 Å². The van der Waals surface area contributed by atoms with Crippen LogP contribution in [0.25, 0.3) is 0 Å². The van der Waals surface area contributed by atoms with Crippen LogP contribution in [0.4, 0.5) is 0 Å². The van der Waals surface area contributed by atoms with E-state index in [0.29, 0.717) is 20.1 Å². The van der Waals surface area contributed by atoms with Crippen molar-refractivity contribution in [3.8, 4) is 0 Å². The molecule has 0 spiro atoms. The Morgan fingerprint density at radius 2 is 1.84 bits per heavy atom. The zero-order valence-corrected chi connectivity index (χ0v) is 13.7. The number of rotatable bonds is 2. The van der Waals surface area contributed by atoms with Crippen LogP contribution in [-0.2, 0) is 0 Å². The SMILES string of the molecule is CCN1CCN(C(=O)c2cc(Cl)c(Br)cc2Cl)CC1. The molecule has 0 radical (unpaired) electrons. The number of hydrogen-bond acceptors (Lipinski definition) is 2. The summed E-state index contributed by atoms with van der Waals surface area (Å²) in [5.41, 5.74) is 0.472. The Kier molecular flexibility index (Phi) is 5.12. The molecular weight excluding hydrogens is 351 g/mol. The van der Waals surface area contributed by atoms with E-state index in [2.05, 4.69) is 27.8 Å². The van der Waals surface area contributed by atoms with E-state index in [1.165, 1.54) is 0 Å². The lowest BCUT2D eigenvalue weighted by Crippen LogP contribution is -2.48. The van der Waals surface area contributed by atoms with Crippen LogP contribution in [0.5, 0.6) is 0 Å². The summed E-state index contributed by atoms with van der Waals surface area (Å²) >= 11 is 15.4. The third kappa shape index (κ3) is 3.43. The van der Waals surface area contributed by atoms with Crippen molar-refractivity contribution in [1.82, 2.24) is 9.80 Å². The number of benzene rings is 1. The fourth-order valence-electron chi connectivity index (χ4n) is 2.12. The van der Waals surface area contributed by atoms with E-state index < -0.39 is 0 Å². The third-order valence-electron chi connectivity index (χ3n) is 3.35. The van der Waals surface area contributed by atoms with Gasteiger partial charge in [0.15, 0.2) is 0 Å². The molecule has 3 nitrogen and oxygen atoms in total. The van der Waals surface area contributed by atoms with Gasteiger partial charge in [0.05, 0.1) is 15.6 Å². The van der Waals surface area contributed by atoms with Gasteiger partial charge in [-0.15, -0.1) is 0 Å². The molecule has 1 aliphatic rings. The van der Waals surface area contributed by atoms with Crippen molar-refractivity contribution >= 4 is 45.0 Å². The topological polar surface area (TPSA) is 23.6 Å². The van der Waals surface area contributed by atoms with Crippen molar-refractivity contribution in [3.05, 3.63) is 32.2 Å². The Hall–Kier alpha value is -0.290. The first-order chi connectivity index (χ1) is 9.02. The quantitative estimate of drug-likeness (QED) is 0.748. The summed E-state index contributed by atoms with van der Waals surface area (Å²) < 4.78 is 0.700. The van der Waals surface area contributed by atoms with Crippen molar-refractivity contribution < 1.29 is 4.79 Å². The Balaban J connectivity index is 2.14. The highest BCUT2D eigenvalue weighted by Gasteiger charge is 2.23. The molecule has 1 aliphatic heterocycles. The maximum atomic E-state index is 12.4. The van der Waals surface area contributed by atoms with Crippen molar-refractivity contribution in [2.24, 2.45) is 0 Å². The molecule has 0 bridgehead atoms. The van der Waals surface area contributed by atoms with Crippen LogP contribution in [0.1, 0.15) is 17.3 Å². The molecule has 0 aromatic heterocycles. The summed E-state index contributed by atoms with van der Waals surface area (Å²) in [6.07, 6.45) is 0. The number of carbonyl (C=O) groups is 1. The lowest BCUT2D eigenvalue weighted by Gasteiger charge is -2.34. The van der Waals surface area contributed by atoms with E-state index in [1.54, 1.807) is 12.1 Å². The summed E-state index contributed by atoms with van der Waals surface area (Å²) in [5, 5.41) is 0.930. The Bertz CT molecular complexity index is 488. The van der Waals surface area contributed by atoms with Crippen molar-refractivity contribution in [3.63, 3.8) is 0 Å². The Labute approximate surface area is 131 Å². The lowest BCUT2D eigenvalue weighted by atomic mass is 10.2. The molecule has 1 saturated heterocycles. The Morgan fingerprint density at radius 3 is 2.42 bits per heavy atom. The highest BCUT2D eigenvalue weighted by atomic mass is 79.9. The number of hydrogen-bond donors (Lipinski definition) is 0. The van der Waals surface area contributed by atoms with E-state index >= 15 is 0 Å². The third-order valence-corrected chi connectivity index (χ3v) is 4.86. The fraction of sp³-hybridized carbons (Fsp3) is 0.462. The van der Waals surface area contributed by atoms with Crippen LogP contribution in [-0.4, -0.2) is 48.4 Å².